The van der Waals surface area contributed by atoms with Crippen LogP contribution in [0.2, 0.25) is 0 Å². The van der Waals surface area contributed by atoms with Crippen LogP contribution in [0.25, 0.3) is 0 Å². The molecule has 22 heavy (non-hydrogen) atoms. The highest BCUT2D eigenvalue weighted by Crippen LogP contribution is 2.19. The van der Waals surface area contributed by atoms with Crippen LogP contribution in [-0.4, -0.2) is 19.3 Å². The first-order chi connectivity index (χ1) is 10.6. The van der Waals surface area contributed by atoms with Crippen LogP contribution in [0.3, 0.4) is 0 Å². The summed E-state index contributed by atoms with van der Waals surface area (Å²) in [5, 5.41) is 4.71. The molecule has 0 aliphatic carbocycles. The minimum absolute atomic E-state index is 0.0105. The van der Waals surface area contributed by atoms with E-state index in [2.05, 4.69) is 15.4 Å². The van der Waals surface area contributed by atoms with E-state index in [1.807, 2.05) is 0 Å². The maximum Gasteiger partial charge on any atom is 0.417 e. The van der Waals surface area contributed by atoms with Gasteiger partial charge in [-0.3, -0.25) is 10.6 Å². The Morgan fingerprint density at radius 1 is 1.00 bits per heavy atom. The number of hydrogen-bond donors (Lipinski definition) is 2. The number of benzene rings is 2. The largest absolute Gasteiger partial charge is 0.453 e. The van der Waals surface area contributed by atoms with E-state index in [4.69, 9.17) is 4.74 Å². The van der Waals surface area contributed by atoms with Gasteiger partial charge < -0.3 is 9.47 Å². The minimum atomic E-state index is -0.847. The molecular weight excluding hydrogens is 291 g/mol. The molecule has 2 rings (SSSR count). The summed E-state index contributed by atoms with van der Waals surface area (Å²) in [5.41, 5.74) is 0.402. The summed E-state index contributed by atoms with van der Waals surface area (Å²) >= 11 is 0. The van der Waals surface area contributed by atoms with E-state index in [1.165, 1.54) is 37.4 Å². The van der Waals surface area contributed by atoms with E-state index in [-0.39, 0.29) is 11.4 Å². The monoisotopic (exact) mass is 304 g/mol. The number of amides is 2. The standard InChI is InChI=1S/C15H13FN2O4/c1-21-14(19)17-10-5-4-6-11(9-10)22-15(20)18-13-8-3-2-7-12(13)16/h2-9H,1H3,(H,17,19)(H,18,20). The summed E-state index contributed by atoms with van der Waals surface area (Å²) in [6.45, 7) is 0. The number of nitrogens with one attached hydrogen (secondary N) is 2. The Kier molecular flexibility index (Phi) is 4.92. The Morgan fingerprint density at radius 2 is 1.77 bits per heavy atom. The normalized spacial score (nSPS) is 9.73. The molecule has 0 saturated carbocycles. The highest BCUT2D eigenvalue weighted by Gasteiger charge is 2.09. The summed E-state index contributed by atoms with van der Waals surface area (Å²) in [4.78, 5) is 22.8. The van der Waals surface area contributed by atoms with Crippen molar-refractivity contribution >= 4 is 23.6 Å². The molecule has 0 unspecified atom stereocenters. The highest BCUT2D eigenvalue weighted by molar-refractivity contribution is 5.87. The van der Waals surface area contributed by atoms with Crippen molar-refractivity contribution in [3.8, 4) is 5.75 Å². The van der Waals surface area contributed by atoms with Crippen molar-refractivity contribution < 1.29 is 23.5 Å². The summed E-state index contributed by atoms with van der Waals surface area (Å²) in [7, 11) is 1.23. The Labute approximate surface area is 125 Å². The molecule has 0 spiro atoms. The van der Waals surface area contributed by atoms with Crippen molar-refractivity contribution in [2.24, 2.45) is 0 Å². The molecule has 7 heteroatoms. The van der Waals surface area contributed by atoms with Gasteiger partial charge in [-0.25, -0.2) is 14.0 Å². The minimum Gasteiger partial charge on any atom is -0.453 e. The third-order valence-corrected chi connectivity index (χ3v) is 2.59. The quantitative estimate of drug-likeness (QED) is 0.908. The summed E-state index contributed by atoms with van der Waals surface area (Å²) < 4.78 is 22.9. The molecular formula is C15H13FN2O4. The highest BCUT2D eigenvalue weighted by atomic mass is 19.1. The molecule has 2 aromatic rings. The van der Waals surface area contributed by atoms with E-state index >= 15 is 0 Å². The van der Waals surface area contributed by atoms with Gasteiger partial charge in [-0.05, 0) is 24.3 Å². The average Bonchev–Trinajstić information content (AvgIpc) is 2.50. The number of anilines is 2. The van der Waals surface area contributed by atoms with Crippen molar-refractivity contribution in [2.75, 3.05) is 17.7 Å². The second kappa shape index (κ2) is 7.07. The lowest BCUT2D eigenvalue weighted by molar-refractivity contribution is 0.187. The molecule has 0 fully saturated rings. The zero-order valence-corrected chi connectivity index (χ0v) is 11.6. The Morgan fingerprint density at radius 3 is 2.50 bits per heavy atom. The molecule has 0 heterocycles. The van der Waals surface area contributed by atoms with Crippen LogP contribution in [0.15, 0.2) is 48.5 Å². The number of carbonyl (C=O) groups excluding carboxylic acids is 2. The van der Waals surface area contributed by atoms with Crippen molar-refractivity contribution in [1.29, 1.82) is 0 Å². The fourth-order valence-electron chi connectivity index (χ4n) is 1.61. The first kappa shape index (κ1) is 15.3. The van der Waals surface area contributed by atoms with Gasteiger partial charge in [0.05, 0.1) is 12.8 Å². The van der Waals surface area contributed by atoms with Gasteiger partial charge in [0.1, 0.15) is 11.6 Å². The van der Waals surface area contributed by atoms with E-state index in [1.54, 1.807) is 18.2 Å². The predicted octanol–water partition coefficient (Wildman–Crippen LogP) is 3.61. The third kappa shape index (κ3) is 4.20. The molecule has 0 bridgehead atoms. The number of ether oxygens (including phenoxy) is 2. The zero-order valence-electron chi connectivity index (χ0n) is 11.6. The van der Waals surface area contributed by atoms with Crippen LogP contribution < -0.4 is 15.4 Å². The molecule has 2 amide bonds. The van der Waals surface area contributed by atoms with E-state index in [0.717, 1.165) is 0 Å². The summed E-state index contributed by atoms with van der Waals surface area (Å²) in [6.07, 6.45) is -1.49. The number of hydrogen-bond acceptors (Lipinski definition) is 4. The van der Waals surface area contributed by atoms with Crippen molar-refractivity contribution in [3.63, 3.8) is 0 Å². The van der Waals surface area contributed by atoms with Gasteiger partial charge in [0.25, 0.3) is 0 Å². The average molecular weight is 304 g/mol. The van der Waals surface area contributed by atoms with E-state index < -0.39 is 18.0 Å². The molecule has 6 nitrogen and oxygen atoms in total. The van der Waals surface area contributed by atoms with Gasteiger partial charge >= 0.3 is 12.2 Å². The van der Waals surface area contributed by atoms with Gasteiger partial charge in [0.2, 0.25) is 0 Å². The molecule has 2 aromatic carbocycles. The van der Waals surface area contributed by atoms with Gasteiger partial charge in [-0.2, -0.15) is 0 Å². The zero-order chi connectivity index (χ0) is 15.9. The van der Waals surface area contributed by atoms with Gasteiger partial charge in [0, 0.05) is 11.8 Å². The van der Waals surface area contributed by atoms with Crippen molar-refractivity contribution in [2.45, 2.75) is 0 Å². The number of para-hydroxylation sites is 1. The molecule has 0 radical (unpaired) electrons. The van der Waals surface area contributed by atoms with E-state index in [0.29, 0.717) is 5.69 Å². The van der Waals surface area contributed by atoms with Crippen molar-refractivity contribution in [1.82, 2.24) is 0 Å². The maximum atomic E-state index is 13.4. The molecule has 0 aromatic heterocycles. The number of rotatable bonds is 3. The fourth-order valence-corrected chi connectivity index (χ4v) is 1.61. The molecule has 0 atom stereocenters. The van der Waals surface area contributed by atoms with E-state index in [9.17, 15) is 14.0 Å². The topological polar surface area (TPSA) is 76.7 Å². The fraction of sp³-hybridized carbons (Fsp3) is 0.0667. The molecule has 0 aliphatic rings. The SMILES string of the molecule is COC(=O)Nc1cccc(OC(=O)Nc2ccccc2F)c1. The number of halogens is 1. The second-order valence-electron chi connectivity index (χ2n) is 4.14. The van der Waals surface area contributed by atoms with Crippen LogP contribution in [-0.2, 0) is 4.74 Å². The lowest BCUT2D eigenvalue weighted by Gasteiger charge is -2.09. The Bertz CT molecular complexity index is 691. The first-order valence-electron chi connectivity index (χ1n) is 6.27. The lowest BCUT2D eigenvalue weighted by atomic mass is 10.3. The Hall–Kier alpha value is -3.09. The number of carbonyl (C=O) groups is 2. The van der Waals surface area contributed by atoms with Crippen LogP contribution in [0.4, 0.5) is 25.4 Å². The molecule has 0 aliphatic heterocycles. The van der Waals surface area contributed by atoms with Crippen LogP contribution in [0.1, 0.15) is 0 Å². The first-order valence-corrected chi connectivity index (χ1v) is 6.27. The lowest BCUT2D eigenvalue weighted by Crippen LogP contribution is -2.17. The third-order valence-electron chi connectivity index (χ3n) is 2.59. The smallest absolute Gasteiger partial charge is 0.417 e. The molecule has 2 N–H and O–H groups in total. The Balaban J connectivity index is 2.01. The van der Waals surface area contributed by atoms with Crippen LogP contribution in [0.5, 0.6) is 5.75 Å². The predicted molar refractivity (Wildman–Crippen MR) is 78.5 cm³/mol. The second-order valence-corrected chi connectivity index (χ2v) is 4.14. The maximum absolute atomic E-state index is 13.4. The van der Waals surface area contributed by atoms with Crippen LogP contribution in [0, 0.1) is 5.82 Å². The van der Waals surface area contributed by atoms with Gasteiger partial charge in [0.15, 0.2) is 0 Å². The van der Waals surface area contributed by atoms with Gasteiger partial charge in [-0.1, -0.05) is 18.2 Å². The molecule has 114 valence electrons. The summed E-state index contributed by atoms with van der Waals surface area (Å²) in [5.74, 6) is -0.386. The van der Waals surface area contributed by atoms with Crippen LogP contribution >= 0.6 is 0 Å². The number of methoxy groups -OCH3 is 1. The summed E-state index contributed by atoms with van der Waals surface area (Å²) in [6, 6.07) is 11.8. The van der Waals surface area contributed by atoms with Gasteiger partial charge in [-0.15, -0.1) is 0 Å². The van der Waals surface area contributed by atoms with Crippen molar-refractivity contribution in [3.05, 3.63) is 54.3 Å². The molecule has 0 saturated heterocycles.